The highest BCUT2D eigenvalue weighted by Crippen LogP contribution is 2.32. The zero-order valence-corrected chi connectivity index (χ0v) is 19.7. The molecule has 0 amide bonds. The number of hydrogen-bond acceptors (Lipinski definition) is 5. The molecule has 0 spiro atoms. The minimum absolute atomic E-state index is 0.000764. The SMILES string of the molecule is CCCc1sc2nc(SCc3ccccc3)n(-c3ccc(OCC)cc3)c(=O)c2c1C. The van der Waals surface area contributed by atoms with Gasteiger partial charge in [0.05, 0.1) is 17.7 Å². The zero-order chi connectivity index (χ0) is 21.8. The van der Waals surface area contributed by atoms with Crippen molar-refractivity contribution in [2.24, 2.45) is 0 Å². The van der Waals surface area contributed by atoms with Crippen molar-refractivity contribution in [1.29, 1.82) is 0 Å². The van der Waals surface area contributed by atoms with E-state index < -0.39 is 0 Å². The van der Waals surface area contributed by atoms with Crippen LogP contribution in [0, 0.1) is 6.92 Å². The molecule has 0 N–H and O–H groups in total. The zero-order valence-electron chi connectivity index (χ0n) is 18.1. The number of thioether (sulfide) groups is 1. The fourth-order valence-corrected chi connectivity index (χ4v) is 5.87. The lowest BCUT2D eigenvalue weighted by molar-refractivity contribution is 0.340. The second-order valence-corrected chi connectivity index (χ2v) is 9.34. The van der Waals surface area contributed by atoms with Crippen molar-refractivity contribution in [3.8, 4) is 11.4 Å². The van der Waals surface area contributed by atoms with Gasteiger partial charge in [0.1, 0.15) is 10.6 Å². The van der Waals surface area contributed by atoms with Crippen LogP contribution < -0.4 is 10.3 Å². The van der Waals surface area contributed by atoms with Crippen molar-refractivity contribution < 1.29 is 4.74 Å². The fraction of sp³-hybridized carbons (Fsp3) is 0.280. The molecule has 2 heterocycles. The molecule has 0 fully saturated rings. The average molecular weight is 451 g/mol. The average Bonchev–Trinajstić information content (AvgIpc) is 3.10. The van der Waals surface area contributed by atoms with Crippen LogP contribution in [-0.4, -0.2) is 16.2 Å². The van der Waals surface area contributed by atoms with E-state index in [0.717, 1.165) is 51.0 Å². The molecule has 4 rings (SSSR count). The topological polar surface area (TPSA) is 44.1 Å². The van der Waals surface area contributed by atoms with Gasteiger partial charge in [-0.2, -0.15) is 0 Å². The van der Waals surface area contributed by atoms with E-state index >= 15 is 0 Å². The van der Waals surface area contributed by atoms with E-state index in [-0.39, 0.29) is 5.56 Å². The number of ether oxygens (including phenoxy) is 1. The molecule has 0 aliphatic carbocycles. The van der Waals surface area contributed by atoms with E-state index in [0.29, 0.717) is 6.61 Å². The van der Waals surface area contributed by atoms with Crippen LogP contribution in [0.3, 0.4) is 0 Å². The Labute approximate surface area is 190 Å². The van der Waals surface area contributed by atoms with Crippen LogP contribution in [0.5, 0.6) is 5.75 Å². The summed E-state index contributed by atoms with van der Waals surface area (Å²) in [6.07, 6.45) is 2.03. The van der Waals surface area contributed by atoms with E-state index in [1.807, 2.05) is 56.3 Å². The lowest BCUT2D eigenvalue weighted by Gasteiger charge is -2.13. The van der Waals surface area contributed by atoms with Gasteiger partial charge in [-0.25, -0.2) is 4.98 Å². The number of nitrogens with zero attached hydrogens (tertiary/aromatic N) is 2. The van der Waals surface area contributed by atoms with Gasteiger partial charge in [0.25, 0.3) is 5.56 Å². The van der Waals surface area contributed by atoms with E-state index in [2.05, 4.69) is 19.1 Å². The first-order chi connectivity index (χ1) is 15.1. The molecule has 2 aromatic heterocycles. The minimum atomic E-state index is 0.000764. The number of rotatable bonds is 8. The van der Waals surface area contributed by atoms with Gasteiger partial charge in [-0.15, -0.1) is 11.3 Å². The molecule has 4 aromatic rings. The van der Waals surface area contributed by atoms with Crippen LogP contribution in [0.1, 0.15) is 36.3 Å². The van der Waals surface area contributed by atoms with Gasteiger partial charge in [-0.05, 0) is 55.7 Å². The Morgan fingerprint density at radius 1 is 1.06 bits per heavy atom. The van der Waals surface area contributed by atoms with Crippen molar-refractivity contribution in [1.82, 2.24) is 9.55 Å². The highest BCUT2D eigenvalue weighted by atomic mass is 32.2. The molecule has 0 aliphatic heterocycles. The molecule has 2 aromatic carbocycles. The largest absolute Gasteiger partial charge is 0.494 e. The summed E-state index contributed by atoms with van der Waals surface area (Å²) in [5, 5.41) is 1.46. The van der Waals surface area contributed by atoms with Crippen molar-refractivity contribution in [2.75, 3.05) is 6.61 Å². The van der Waals surface area contributed by atoms with Gasteiger partial charge in [0.15, 0.2) is 5.16 Å². The molecule has 0 radical (unpaired) electrons. The monoisotopic (exact) mass is 450 g/mol. The molecule has 0 saturated carbocycles. The quantitative estimate of drug-likeness (QED) is 0.230. The Hall–Kier alpha value is -2.57. The van der Waals surface area contributed by atoms with Gasteiger partial charge < -0.3 is 4.74 Å². The summed E-state index contributed by atoms with van der Waals surface area (Å²) in [6, 6.07) is 17.9. The van der Waals surface area contributed by atoms with Gasteiger partial charge in [0.2, 0.25) is 0 Å². The van der Waals surface area contributed by atoms with Crippen molar-refractivity contribution in [2.45, 2.75) is 44.5 Å². The Morgan fingerprint density at radius 3 is 2.48 bits per heavy atom. The van der Waals surface area contributed by atoms with E-state index in [4.69, 9.17) is 9.72 Å². The number of aromatic nitrogens is 2. The maximum absolute atomic E-state index is 13.7. The first-order valence-corrected chi connectivity index (χ1v) is 12.4. The predicted octanol–water partition coefficient (Wildman–Crippen LogP) is 6.40. The third-order valence-electron chi connectivity index (χ3n) is 5.13. The van der Waals surface area contributed by atoms with E-state index in [9.17, 15) is 4.79 Å². The third-order valence-corrected chi connectivity index (χ3v) is 7.38. The number of thiophene rings is 1. The summed E-state index contributed by atoms with van der Waals surface area (Å²) in [4.78, 5) is 20.8. The smallest absolute Gasteiger partial charge is 0.267 e. The van der Waals surface area contributed by atoms with Crippen LogP contribution >= 0.6 is 23.1 Å². The van der Waals surface area contributed by atoms with Crippen molar-refractivity contribution in [3.63, 3.8) is 0 Å². The van der Waals surface area contributed by atoms with Crippen molar-refractivity contribution >= 4 is 33.3 Å². The van der Waals surface area contributed by atoms with Crippen LogP contribution in [0.4, 0.5) is 0 Å². The molecule has 0 aliphatic rings. The summed E-state index contributed by atoms with van der Waals surface area (Å²) in [5.74, 6) is 1.55. The molecular formula is C25H26N2O2S2. The normalized spacial score (nSPS) is 11.2. The fourth-order valence-electron chi connectivity index (χ4n) is 3.58. The van der Waals surface area contributed by atoms with Gasteiger partial charge >= 0.3 is 0 Å². The molecule has 6 heteroatoms. The molecule has 0 unspecified atom stereocenters. The highest BCUT2D eigenvalue weighted by Gasteiger charge is 2.19. The molecule has 160 valence electrons. The molecule has 4 nitrogen and oxygen atoms in total. The molecular weight excluding hydrogens is 424 g/mol. The van der Waals surface area contributed by atoms with Crippen LogP contribution in [0.15, 0.2) is 64.5 Å². The summed E-state index contributed by atoms with van der Waals surface area (Å²) in [5.41, 5.74) is 3.08. The molecule has 0 atom stereocenters. The standard InChI is InChI=1S/C25H26N2O2S2/c1-4-9-21-17(3)22-23(31-21)26-25(30-16-18-10-7-6-8-11-18)27(24(22)28)19-12-14-20(15-13-19)29-5-2/h6-8,10-15H,4-5,9,16H2,1-3H3. The first kappa shape index (κ1) is 21.7. The Balaban J connectivity index is 1.84. The maximum atomic E-state index is 13.7. The number of fused-ring (bicyclic) bond motifs is 1. The number of aryl methyl sites for hydroxylation is 2. The van der Waals surface area contributed by atoms with Crippen LogP contribution in [-0.2, 0) is 12.2 Å². The summed E-state index contributed by atoms with van der Waals surface area (Å²) >= 11 is 3.25. The van der Waals surface area contributed by atoms with E-state index in [1.54, 1.807) is 27.7 Å². The Morgan fingerprint density at radius 2 is 1.81 bits per heavy atom. The van der Waals surface area contributed by atoms with Crippen LogP contribution in [0.25, 0.3) is 15.9 Å². The van der Waals surface area contributed by atoms with Crippen LogP contribution in [0.2, 0.25) is 0 Å². The second-order valence-electron chi connectivity index (χ2n) is 7.32. The van der Waals surface area contributed by atoms with E-state index in [1.165, 1.54) is 10.4 Å². The van der Waals surface area contributed by atoms with Gasteiger partial charge in [-0.1, -0.05) is 55.4 Å². The van der Waals surface area contributed by atoms with Gasteiger partial charge in [-0.3, -0.25) is 9.36 Å². The van der Waals surface area contributed by atoms with Gasteiger partial charge in [0, 0.05) is 10.6 Å². The highest BCUT2D eigenvalue weighted by molar-refractivity contribution is 7.98. The minimum Gasteiger partial charge on any atom is -0.494 e. The first-order valence-electron chi connectivity index (χ1n) is 10.6. The molecule has 31 heavy (non-hydrogen) atoms. The van der Waals surface area contributed by atoms with Crippen molar-refractivity contribution in [3.05, 3.63) is 81.0 Å². The number of hydrogen-bond donors (Lipinski definition) is 0. The number of benzene rings is 2. The Bertz CT molecular complexity index is 1230. The Kier molecular flexibility index (Phi) is 6.78. The lowest BCUT2D eigenvalue weighted by atomic mass is 10.1. The third kappa shape index (κ3) is 4.55. The molecule has 0 saturated heterocycles. The lowest BCUT2D eigenvalue weighted by Crippen LogP contribution is -2.21. The predicted molar refractivity (Wildman–Crippen MR) is 131 cm³/mol. The summed E-state index contributed by atoms with van der Waals surface area (Å²) in [7, 11) is 0. The summed E-state index contributed by atoms with van der Waals surface area (Å²) in [6.45, 7) is 6.78. The summed E-state index contributed by atoms with van der Waals surface area (Å²) < 4.78 is 7.33. The second kappa shape index (κ2) is 9.71. The molecule has 0 bridgehead atoms. The maximum Gasteiger partial charge on any atom is 0.267 e.